The van der Waals surface area contributed by atoms with E-state index in [1.807, 2.05) is 6.92 Å². The van der Waals surface area contributed by atoms with Crippen LogP contribution < -0.4 is 10.1 Å². The van der Waals surface area contributed by atoms with Gasteiger partial charge in [0.1, 0.15) is 11.8 Å². The van der Waals surface area contributed by atoms with E-state index in [1.54, 1.807) is 0 Å². The molecule has 0 bridgehead atoms. The zero-order valence-electron chi connectivity index (χ0n) is 6.63. The second-order valence-corrected chi connectivity index (χ2v) is 2.79. The van der Waals surface area contributed by atoms with Gasteiger partial charge < -0.3 is 10.1 Å². The van der Waals surface area contributed by atoms with Crippen LogP contribution in [-0.2, 0) is 4.79 Å². The van der Waals surface area contributed by atoms with Gasteiger partial charge in [0.2, 0.25) is 11.8 Å². The Labute approximate surface area is 69.1 Å². The SMILES string of the molecule is CC1CC(=O)Nc2cn[nH]c2O1. The molecule has 0 saturated heterocycles. The highest BCUT2D eigenvalue weighted by molar-refractivity contribution is 5.92. The summed E-state index contributed by atoms with van der Waals surface area (Å²) < 4.78 is 5.37. The highest BCUT2D eigenvalue weighted by Gasteiger charge is 2.20. The number of nitrogens with one attached hydrogen (secondary N) is 2. The molecule has 0 spiro atoms. The van der Waals surface area contributed by atoms with Crippen LogP contribution in [0.2, 0.25) is 0 Å². The standard InChI is InChI=1S/C7H9N3O2/c1-4-2-6(11)9-5-3-8-10-7(5)12-4/h3-4H,2H2,1H3,(H,8,10)(H,9,11). The average Bonchev–Trinajstić information content (AvgIpc) is 2.31. The van der Waals surface area contributed by atoms with Gasteiger partial charge >= 0.3 is 0 Å². The molecule has 1 amide bonds. The fourth-order valence-electron chi connectivity index (χ4n) is 1.16. The third kappa shape index (κ3) is 1.13. The van der Waals surface area contributed by atoms with E-state index in [4.69, 9.17) is 4.74 Å². The van der Waals surface area contributed by atoms with E-state index in [1.165, 1.54) is 6.20 Å². The summed E-state index contributed by atoms with van der Waals surface area (Å²) in [6.45, 7) is 1.84. The molecule has 2 N–H and O–H groups in total. The average molecular weight is 167 g/mol. The van der Waals surface area contributed by atoms with E-state index in [2.05, 4.69) is 15.5 Å². The maximum absolute atomic E-state index is 11.1. The number of fused-ring (bicyclic) bond motifs is 1. The minimum Gasteiger partial charge on any atom is -0.473 e. The van der Waals surface area contributed by atoms with Crippen LogP contribution in [0.4, 0.5) is 5.69 Å². The minimum absolute atomic E-state index is 0.0392. The molecule has 0 aliphatic carbocycles. The summed E-state index contributed by atoms with van der Waals surface area (Å²) in [6, 6.07) is 0. The zero-order valence-corrected chi connectivity index (χ0v) is 6.63. The van der Waals surface area contributed by atoms with Gasteiger partial charge in [-0.1, -0.05) is 0 Å². The maximum Gasteiger partial charge on any atom is 0.233 e. The monoisotopic (exact) mass is 167 g/mol. The van der Waals surface area contributed by atoms with Crippen LogP contribution in [0.15, 0.2) is 6.20 Å². The number of aromatic amines is 1. The number of ether oxygens (including phenoxy) is 1. The van der Waals surface area contributed by atoms with E-state index in [-0.39, 0.29) is 12.0 Å². The highest BCUT2D eigenvalue weighted by atomic mass is 16.5. The van der Waals surface area contributed by atoms with Crippen molar-refractivity contribution in [2.75, 3.05) is 5.32 Å². The second kappa shape index (κ2) is 2.51. The molecule has 0 saturated carbocycles. The smallest absolute Gasteiger partial charge is 0.233 e. The van der Waals surface area contributed by atoms with Gasteiger partial charge in [-0.2, -0.15) is 5.10 Å². The Morgan fingerprint density at radius 1 is 1.75 bits per heavy atom. The summed E-state index contributed by atoms with van der Waals surface area (Å²) in [5.74, 6) is 0.496. The zero-order chi connectivity index (χ0) is 8.55. The Kier molecular flexibility index (Phi) is 1.49. The third-order valence-corrected chi connectivity index (χ3v) is 1.67. The predicted octanol–water partition coefficient (Wildman–Crippen LogP) is 0.519. The molecule has 1 aliphatic rings. The lowest BCUT2D eigenvalue weighted by Gasteiger charge is -2.06. The number of amides is 1. The van der Waals surface area contributed by atoms with Crippen LogP contribution >= 0.6 is 0 Å². The van der Waals surface area contributed by atoms with Crippen molar-refractivity contribution in [3.63, 3.8) is 0 Å². The van der Waals surface area contributed by atoms with Crippen LogP contribution in [0.1, 0.15) is 13.3 Å². The summed E-state index contributed by atoms with van der Waals surface area (Å²) in [4.78, 5) is 11.1. The first kappa shape index (κ1) is 7.15. The van der Waals surface area contributed by atoms with Crippen LogP contribution in [0.25, 0.3) is 0 Å². The molecule has 12 heavy (non-hydrogen) atoms. The largest absolute Gasteiger partial charge is 0.473 e. The van der Waals surface area contributed by atoms with Crippen molar-refractivity contribution in [2.24, 2.45) is 0 Å². The number of hydrogen-bond donors (Lipinski definition) is 2. The maximum atomic E-state index is 11.1. The lowest BCUT2D eigenvalue weighted by atomic mass is 10.3. The number of rotatable bonds is 0. The number of hydrogen-bond acceptors (Lipinski definition) is 3. The fourth-order valence-corrected chi connectivity index (χ4v) is 1.16. The number of H-pyrrole nitrogens is 1. The van der Waals surface area contributed by atoms with Gasteiger partial charge in [0, 0.05) is 0 Å². The van der Waals surface area contributed by atoms with Crippen molar-refractivity contribution >= 4 is 11.6 Å². The summed E-state index contributed by atoms with van der Waals surface area (Å²) in [5, 5.41) is 9.09. The van der Waals surface area contributed by atoms with E-state index in [0.717, 1.165) is 0 Å². The van der Waals surface area contributed by atoms with Gasteiger partial charge in [0.25, 0.3) is 0 Å². The second-order valence-electron chi connectivity index (χ2n) is 2.79. The van der Waals surface area contributed by atoms with Crippen molar-refractivity contribution in [3.8, 4) is 5.88 Å². The topological polar surface area (TPSA) is 67.0 Å². The number of nitrogens with zero attached hydrogens (tertiary/aromatic N) is 1. The van der Waals surface area contributed by atoms with Crippen LogP contribution in [0.5, 0.6) is 5.88 Å². The third-order valence-electron chi connectivity index (χ3n) is 1.67. The first-order valence-electron chi connectivity index (χ1n) is 3.75. The number of carbonyl (C=O) groups is 1. The van der Waals surface area contributed by atoms with Crippen molar-refractivity contribution in [3.05, 3.63) is 6.20 Å². The fraction of sp³-hybridized carbons (Fsp3) is 0.429. The van der Waals surface area contributed by atoms with Gasteiger partial charge in [-0.15, -0.1) is 0 Å². The Morgan fingerprint density at radius 2 is 2.58 bits per heavy atom. The summed E-state index contributed by atoms with van der Waals surface area (Å²) >= 11 is 0. The van der Waals surface area contributed by atoms with Crippen LogP contribution in [0.3, 0.4) is 0 Å². The molecule has 5 heteroatoms. The number of anilines is 1. The molecule has 1 unspecified atom stereocenters. The molecule has 1 aromatic heterocycles. The molecule has 1 aliphatic heterocycles. The molecule has 1 aromatic rings. The van der Waals surface area contributed by atoms with Crippen LogP contribution in [0, 0.1) is 0 Å². The normalized spacial score (nSPS) is 22.1. The lowest BCUT2D eigenvalue weighted by molar-refractivity contribution is -0.117. The molecule has 0 fully saturated rings. The molecular formula is C7H9N3O2. The molecule has 0 aromatic carbocycles. The van der Waals surface area contributed by atoms with Gasteiger partial charge in [0.15, 0.2) is 0 Å². The van der Waals surface area contributed by atoms with Gasteiger partial charge in [0.05, 0.1) is 12.6 Å². The Bertz CT molecular complexity index is 307. The molecule has 2 rings (SSSR count). The summed E-state index contributed by atoms with van der Waals surface area (Å²) in [7, 11) is 0. The minimum atomic E-state index is -0.105. The molecule has 0 radical (unpaired) electrons. The van der Waals surface area contributed by atoms with Crippen LogP contribution in [-0.4, -0.2) is 22.2 Å². The molecule has 5 nitrogen and oxygen atoms in total. The van der Waals surface area contributed by atoms with Crippen molar-refractivity contribution < 1.29 is 9.53 Å². The summed E-state index contributed by atoms with van der Waals surface area (Å²) in [5.41, 5.74) is 0.615. The van der Waals surface area contributed by atoms with E-state index >= 15 is 0 Å². The molecular weight excluding hydrogens is 158 g/mol. The molecule has 64 valence electrons. The first-order valence-corrected chi connectivity index (χ1v) is 3.75. The Hall–Kier alpha value is -1.52. The first-order chi connectivity index (χ1) is 5.75. The van der Waals surface area contributed by atoms with E-state index < -0.39 is 0 Å². The highest BCUT2D eigenvalue weighted by Crippen LogP contribution is 2.24. The van der Waals surface area contributed by atoms with Gasteiger partial charge in [-0.25, -0.2) is 5.10 Å². The molecule has 2 heterocycles. The van der Waals surface area contributed by atoms with Crippen molar-refractivity contribution in [1.82, 2.24) is 10.2 Å². The van der Waals surface area contributed by atoms with Gasteiger partial charge in [-0.3, -0.25) is 4.79 Å². The van der Waals surface area contributed by atoms with Crippen molar-refractivity contribution in [1.29, 1.82) is 0 Å². The van der Waals surface area contributed by atoms with Gasteiger partial charge in [-0.05, 0) is 6.92 Å². The Balaban J connectivity index is 2.33. The number of carbonyl (C=O) groups excluding carboxylic acids is 1. The van der Waals surface area contributed by atoms with Crippen molar-refractivity contribution in [2.45, 2.75) is 19.4 Å². The summed E-state index contributed by atoms with van der Waals surface area (Å²) in [6.07, 6.45) is 1.81. The Morgan fingerprint density at radius 3 is 3.42 bits per heavy atom. The predicted molar refractivity (Wildman–Crippen MR) is 41.9 cm³/mol. The number of aromatic nitrogens is 2. The lowest BCUT2D eigenvalue weighted by Crippen LogP contribution is -2.17. The quantitative estimate of drug-likeness (QED) is 0.592. The van der Waals surface area contributed by atoms with E-state index in [9.17, 15) is 4.79 Å². The molecule has 1 atom stereocenters. The van der Waals surface area contributed by atoms with E-state index in [0.29, 0.717) is 18.0 Å².